The lowest BCUT2D eigenvalue weighted by molar-refractivity contribution is -0.385. The Morgan fingerprint density at radius 3 is 2.39 bits per heavy atom. The smallest absolute Gasteiger partial charge is 0.273 e. The standard InChI is InChI=1S/C17H19N3O7S/c1-12(17(21)18-22)19(11-13-5-3-4-6-16(13)20(23)24)28(25,26)15-9-7-14(27-2)8-10-15/h3-10,12,22H,11H2,1-2H3,(H,18,21). The summed E-state index contributed by atoms with van der Waals surface area (Å²) in [4.78, 5) is 22.4. The number of ether oxygens (including phenoxy) is 1. The van der Waals surface area contributed by atoms with E-state index in [0.29, 0.717) is 5.75 Å². The van der Waals surface area contributed by atoms with Gasteiger partial charge in [-0.15, -0.1) is 0 Å². The van der Waals surface area contributed by atoms with E-state index in [1.807, 2.05) is 0 Å². The number of amides is 1. The molecule has 0 aliphatic heterocycles. The Morgan fingerprint density at radius 2 is 1.86 bits per heavy atom. The highest BCUT2D eigenvalue weighted by Gasteiger charge is 2.34. The van der Waals surface area contributed by atoms with Gasteiger partial charge in [-0.1, -0.05) is 18.2 Å². The molecule has 0 aromatic heterocycles. The van der Waals surface area contributed by atoms with Crippen molar-refractivity contribution in [3.8, 4) is 5.75 Å². The number of nitro benzene ring substituents is 1. The predicted molar refractivity (Wildman–Crippen MR) is 98.2 cm³/mol. The highest BCUT2D eigenvalue weighted by atomic mass is 32.2. The van der Waals surface area contributed by atoms with Crippen molar-refractivity contribution in [2.24, 2.45) is 0 Å². The van der Waals surface area contributed by atoms with E-state index in [1.165, 1.54) is 68.0 Å². The quantitative estimate of drug-likeness (QED) is 0.384. The average Bonchev–Trinajstić information content (AvgIpc) is 2.70. The third-order valence-electron chi connectivity index (χ3n) is 4.10. The van der Waals surface area contributed by atoms with Gasteiger partial charge < -0.3 is 4.74 Å². The molecule has 11 heteroatoms. The maximum absolute atomic E-state index is 13.1. The van der Waals surface area contributed by atoms with Crippen LogP contribution in [0.15, 0.2) is 53.4 Å². The molecule has 2 N–H and O–H groups in total. The van der Waals surface area contributed by atoms with Crippen molar-refractivity contribution < 1.29 is 28.1 Å². The van der Waals surface area contributed by atoms with Gasteiger partial charge in [0.1, 0.15) is 11.8 Å². The summed E-state index contributed by atoms with van der Waals surface area (Å²) in [6.45, 7) is 0.821. The number of sulfonamides is 1. The molecule has 150 valence electrons. The molecule has 0 saturated carbocycles. The second-order valence-corrected chi connectivity index (χ2v) is 7.65. The van der Waals surface area contributed by atoms with E-state index in [9.17, 15) is 23.3 Å². The first-order valence-electron chi connectivity index (χ1n) is 8.04. The Bertz CT molecular complexity index is 961. The highest BCUT2D eigenvalue weighted by molar-refractivity contribution is 7.89. The average molecular weight is 409 g/mol. The predicted octanol–water partition coefficient (Wildman–Crippen LogP) is 1.69. The summed E-state index contributed by atoms with van der Waals surface area (Å²) >= 11 is 0. The molecule has 1 amide bonds. The normalized spacial score (nSPS) is 12.4. The number of rotatable bonds is 8. The van der Waals surface area contributed by atoms with E-state index in [4.69, 9.17) is 9.94 Å². The first kappa shape index (κ1) is 21.3. The monoisotopic (exact) mass is 409 g/mol. The van der Waals surface area contributed by atoms with Crippen LogP contribution in [-0.2, 0) is 21.4 Å². The van der Waals surface area contributed by atoms with Crippen LogP contribution < -0.4 is 10.2 Å². The third-order valence-corrected chi connectivity index (χ3v) is 6.03. The largest absolute Gasteiger partial charge is 0.497 e. The van der Waals surface area contributed by atoms with Crippen molar-refractivity contribution in [3.63, 3.8) is 0 Å². The number of para-hydroxylation sites is 1. The molecule has 2 rings (SSSR count). The highest BCUT2D eigenvalue weighted by Crippen LogP contribution is 2.26. The Kier molecular flexibility index (Phi) is 6.67. The molecule has 0 fully saturated rings. The van der Waals surface area contributed by atoms with Gasteiger partial charge in [-0.2, -0.15) is 4.31 Å². The van der Waals surface area contributed by atoms with E-state index in [2.05, 4.69) is 0 Å². The number of nitro groups is 1. The van der Waals surface area contributed by atoms with E-state index in [1.54, 1.807) is 0 Å². The summed E-state index contributed by atoms with van der Waals surface area (Å²) in [5.41, 5.74) is 1.23. The van der Waals surface area contributed by atoms with Crippen LogP contribution in [0.5, 0.6) is 5.75 Å². The van der Waals surface area contributed by atoms with Crippen molar-refractivity contribution >= 4 is 21.6 Å². The zero-order chi connectivity index (χ0) is 20.9. The molecule has 2 aromatic rings. The fraction of sp³-hybridized carbons (Fsp3) is 0.235. The van der Waals surface area contributed by atoms with E-state index in [0.717, 1.165) is 4.31 Å². The van der Waals surface area contributed by atoms with Gasteiger partial charge in [0.15, 0.2) is 0 Å². The Labute approximate surface area is 161 Å². The summed E-state index contributed by atoms with van der Waals surface area (Å²) < 4.78 is 32.0. The molecule has 1 atom stereocenters. The van der Waals surface area contributed by atoms with Gasteiger partial charge >= 0.3 is 0 Å². The van der Waals surface area contributed by atoms with Crippen LogP contribution in [0.1, 0.15) is 12.5 Å². The van der Waals surface area contributed by atoms with E-state index in [-0.39, 0.29) is 16.1 Å². The van der Waals surface area contributed by atoms with Crippen molar-refractivity contribution in [2.45, 2.75) is 24.4 Å². The fourth-order valence-corrected chi connectivity index (χ4v) is 4.10. The van der Waals surface area contributed by atoms with Gasteiger partial charge in [0.05, 0.1) is 16.9 Å². The third kappa shape index (κ3) is 4.44. The molecule has 0 heterocycles. The number of carbonyl (C=O) groups excluding carboxylic acids is 1. The molecule has 2 aromatic carbocycles. The number of hydrogen-bond acceptors (Lipinski definition) is 7. The molecular weight excluding hydrogens is 390 g/mol. The van der Waals surface area contributed by atoms with Gasteiger partial charge in [-0.05, 0) is 31.2 Å². The Hall–Kier alpha value is -3.02. The topological polar surface area (TPSA) is 139 Å². The fourth-order valence-electron chi connectivity index (χ4n) is 2.53. The molecule has 0 saturated heterocycles. The second kappa shape index (κ2) is 8.78. The number of benzene rings is 2. The van der Waals surface area contributed by atoms with Crippen LogP contribution in [0.25, 0.3) is 0 Å². The number of methoxy groups -OCH3 is 1. The van der Waals surface area contributed by atoms with Gasteiger partial charge in [-0.25, -0.2) is 13.9 Å². The minimum absolute atomic E-state index is 0.0992. The summed E-state index contributed by atoms with van der Waals surface area (Å²) in [7, 11) is -2.81. The van der Waals surface area contributed by atoms with Crippen molar-refractivity contribution in [1.29, 1.82) is 0 Å². The number of nitrogens with zero attached hydrogens (tertiary/aromatic N) is 2. The van der Waals surface area contributed by atoms with Gasteiger partial charge in [0.2, 0.25) is 10.0 Å². The number of nitrogens with one attached hydrogen (secondary N) is 1. The summed E-state index contributed by atoms with van der Waals surface area (Å²) in [5, 5.41) is 20.2. The molecule has 0 aliphatic carbocycles. The SMILES string of the molecule is COc1ccc(S(=O)(=O)N(Cc2ccccc2[N+](=O)[O-])C(C)C(=O)NO)cc1. The molecule has 0 bridgehead atoms. The minimum Gasteiger partial charge on any atom is -0.497 e. The first-order valence-corrected chi connectivity index (χ1v) is 9.48. The molecule has 1 unspecified atom stereocenters. The molecule has 0 aliphatic rings. The summed E-state index contributed by atoms with van der Waals surface area (Å²) in [6.07, 6.45) is 0. The van der Waals surface area contributed by atoms with Crippen LogP contribution in [0.4, 0.5) is 5.69 Å². The Balaban J connectivity index is 2.53. The van der Waals surface area contributed by atoms with Crippen LogP contribution in [0.2, 0.25) is 0 Å². The van der Waals surface area contributed by atoms with E-state index < -0.39 is 33.4 Å². The van der Waals surface area contributed by atoms with Crippen LogP contribution in [0.3, 0.4) is 0 Å². The second-order valence-electron chi connectivity index (χ2n) is 5.76. The van der Waals surface area contributed by atoms with Crippen molar-refractivity contribution in [1.82, 2.24) is 9.79 Å². The minimum atomic E-state index is -4.24. The first-order chi connectivity index (χ1) is 13.2. The van der Waals surface area contributed by atoms with Crippen molar-refractivity contribution in [2.75, 3.05) is 7.11 Å². The van der Waals surface area contributed by atoms with Gasteiger partial charge in [-0.3, -0.25) is 20.1 Å². The summed E-state index contributed by atoms with van der Waals surface area (Å²) in [6, 6.07) is 9.75. The number of carbonyl (C=O) groups is 1. The molecule has 10 nitrogen and oxygen atoms in total. The van der Waals surface area contributed by atoms with Crippen LogP contribution in [0, 0.1) is 10.1 Å². The molecule has 0 spiro atoms. The van der Waals surface area contributed by atoms with Crippen LogP contribution in [-0.4, -0.2) is 41.9 Å². The summed E-state index contributed by atoms with van der Waals surface area (Å²) in [5.74, 6) is -0.541. The lowest BCUT2D eigenvalue weighted by atomic mass is 10.1. The maximum Gasteiger partial charge on any atom is 0.273 e. The number of hydroxylamine groups is 1. The lowest BCUT2D eigenvalue weighted by Gasteiger charge is -2.27. The van der Waals surface area contributed by atoms with Crippen LogP contribution >= 0.6 is 0 Å². The Morgan fingerprint density at radius 1 is 1.25 bits per heavy atom. The van der Waals surface area contributed by atoms with E-state index >= 15 is 0 Å². The van der Waals surface area contributed by atoms with Crippen molar-refractivity contribution in [3.05, 3.63) is 64.2 Å². The zero-order valence-electron chi connectivity index (χ0n) is 15.1. The van der Waals surface area contributed by atoms with Gasteiger partial charge in [0.25, 0.3) is 11.6 Å². The zero-order valence-corrected chi connectivity index (χ0v) is 15.9. The number of hydrogen-bond donors (Lipinski definition) is 2. The lowest BCUT2D eigenvalue weighted by Crippen LogP contribution is -2.46. The van der Waals surface area contributed by atoms with Gasteiger partial charge in [0, 0.05) is 18.2 Å². The molecule has 0 radical (unpaired) electrons. The maximum atomic E-state index is 13.1. The molecule has 28 heavy (non-hydrogen) atoms. The molecular formula is C17H19N3O7S.